The lowest BCUT2D eigenvalue weighted by molar-refractivity contribution is -0.384. The van der Waals surface area contributed by atoms with E-state index >= 15 is 0 Å². The van der Waals surface area contributed by atoms with Crippen LogP contribution in [0.1, 0.15) is 23.2 Å². The van der Waals surface area contributed by atoms with E-state index in [1.165, 1.54) is 31.4 Å². The number of hydrogen-bond acceptors (Lipinski definition) is 6. The Morgan fingerprint density at radius 3 is 2.25 bits per heavy atom. The van der Waals surface area contributed by atoms with E-state index in [0.717, 1.165) is 13.0 Å². The van der Waals surface area contributed by atoms with Crippen molar-refractivity contribution < 1.29 is 19.2 Å². The second kappa shape index (κ2) is 9.61. The van der Waals surface area contributed by atoms with Gasteiger partial charge in [-0.25, -0.2) is 0 Å². The average Bonchev–Trinajstić information content (AvgIpc) is 2.56. The molecule has 1 aromatic rings. The molecule has 132 valence electrons. The fraction of sp³-hybridized carbons (Fsp3) is 0.500. The molecule has 0 saturated heterocycles. The van der Waals surface area contributed by atoms with Crippen LogP contribution in [0.5, 0.6) is 0 Å². The number of esters is 1. The predicted octanol–water partition coefficient (Wildman–Crippen LogP) is 1.55. The summed E-state index contributed by atoms with van der Waals surface area (Å²) in [6.07, 6.45) is 0.865. The lowest BCUT2D eigenvalue weighted by Crippen LogP contribution is -2.35. The molecule has 0 heterocycles. The van der Waals surface area contributed by atoms with Gasteiger partial charge in [0.15, 0.2) is 0 Å². The Morgan fingerprint density at radius 1 is 1.12 bits per heavy atom. The standard InChI is InChI=1S/C16H23N3O5/c1-17(2)10-4-11-18(12-9-15(20)24-3)16(21)13-5-7-14(8-6-13)19(22)23/h5-8H,4,9-12H2,1-3H3. The molecule has 24 heavy (non-hydrogen) atoms. The molecule has 1 aromatic carbocycles. The van der Waals surface area contributed by atoms with E-state index in [9.17, 15) is 19.7 Å². The topological polar surface area (TPSA) is 93.0 Å². The third-order valence-electron chi connectivity index (χ3n) is 3.46. The van der Waals surface area contributed by atoms with E-state index in [1.54, 1.807) is 4.90 Å². The third kappa shape index (κ3) is 6.33. The molecule has 0 fully saturated rings. The normalized spacial score (nSPS) is 10.5. The van der Waals surface area contributed by atoms with Crippen molar-refractivity contribution >= 4 is 17.6 Å². The molecule has 0 saturated carbocycles. The number of carbonyl (C=O) groups is 2. The van der Waals surface area contributed by atoms with Gasteiger partial charge in [0.25, 0.3) is 11.6 Å². The second-order valence-electron chi connectivity index (χ2n) is 5.58. The maximum Gasteiger partial charge on any atom is 0.307 e. The number of nitrogens with zero attached hydrogens (tertiary/aromatic N) is 3. The zero-order valence-electron chi connectivity index (χ0n) is 14.2. The van der Waals surface area contributed by atoms with E-state index in [1.807, 2.05) is 19.0 Å². The summed E-state index contributed by atoms with van der Waals surface area (Å²) in [5.74, 6) is -0.642. The van der Waals surface area contributed by atoms with Gasteiger partial charge in [-0.15, -0.1) is 0 Å². The number of nitro benzene ring substituents is 1. The molecule has 0 spiro atoms. The van der Waals surface area contributed by atoms with E-state index < -0.39 is 4.92 Å². The highest BCUT2D eigenvalue weighted by molar-refractivity contribution is 5.94. The smallest absolute Gasteiger partial charge is 0.307 e. The summed E-state index contributed by atoms with van der Waals surface area (Å²) in [4.78, 5) is 37.7. The van der Waals surface area contributed by atoms with Crippen LogP contribution >= 0.6 is 0 Å². The number of benzene rings is 1. The Labute approximate surface area is 141 Å². The van der Waals surface area contributed by atoms with Gasteiger partial charge in [0.1, 0.15) is 0 Å². The first-order chi connectivity index (χ1) is 11.3. The van der Waals surface area contributed by atoms with Gasteiger partial charge in [-0.2, -0.15) is 0 Å². The molecule has 0 aliphatic rings. The van der Waals surface area contributed by atoms with Crippen molar-refractivity contribution in [2.45, 2.75) is 12.8 Å². The van der Waals surface area contributed by atoms with Crippen LogP contribution in [-0.2, 0) is 9.53 Å². The number of non-ortho nitro benzene ring substituents is 1. The van der Waals surface area contributed by atoms with Gasteiger partial charge >= 0.3 is 5.97 Å². The van der Waals surface area contributed by atoms with Crippen molar-refractivity contribution in [3.63, 3.8) is 0 Å². The summed E-state index contributed by atoms with van der Waals surface area (Å²) in [6, 6.07) is 5.45. The molecule has 0 radical (unpaired) electrons. The molecule has 0 aliphatic carbocycles. The van der Waals surface area contributed by atoms with Crippen molar-refractivity contribution in [1.82, 2.24) is 9.80 Å². The molecule has 0 bridgehead atoms. The predicted molar refractivity (Wildman–Crippen MR) is 88.8 cm³/mol. The van der Waals surface area contributed by atoms with Crippen LogP contribution in [0.15, 0.2) is 24.3 Å². The SMILES string of the molecule is COC(=O)CCN(CCCN(C)C)C(=O)c1ccc([N+](=O)[O-])cc1. The van der Waals surface area contributed by atoms with Gasteiger partial charge in [0, 0.05) is 30.8 Å². The van der Waals surface area contributed by atoms with E-state index in [4.69, 9.17) is 0 Å². The quantitative estimate of drug-likeness (QED) is 0.386. The fourth-order valence-electron chi connectivity index (χ4n) is 2.13. The van der Waals surface area contributed by atoms with Crippen LogP contribution < -0.4 is 0 Å². The van der Waals surface area contributed by atoms with Gasteiger partial charge in [-0.05, 0) is 39.2 Å². The number of hydrogen-bond donors (Lipinski definition) is 0. The van der Waals surface area contributed by atoms with Crippen LogP contribution in [0.2, 0.25) is 0 Å². The van der Waals surface area contributed by atoms with E-state index in [-0.39, 0.29) is 30.5 Å². The minimum absolute atomic E-state index is 0.0692. The minimum Gasteiger partial charge on any atom is -0.469 e. The molecule has 0 atom stereocenters. The molecule has 0 N–H and O–H groups in total. The van der Waals surface area contributed by atoms with Crippen molar-refractivity contribution in [1.29, 1.82) is 0 Å². The molecule has 0 unspecified atom stereocenters. The number of amides is 1. The van der Waals surface area contributed by atoms with Gasteiger partial charge in [-0.1, -0.05) is 0 Å². The Bertz CT molecular complexity index is 572. The summed E-state index contributed by atoms with van der Waals surface area (Å²) in [5, 5.41) is 10.7. The highest BCUT2D eigenvalue weighted by atomic mass is 16.6. The number of rotatable bonds is 9. The molecule has 1 rings (SSSR count). The zero-order valence-corrected chi connectivity index (χ0v) is 14.2. The van der Waals surface area contributed by atoms with Crippen LogP contribution in [0.4, 0.5) is 5.69 Å². The number of nitro groups is 1. The highest BCUT2D eigenvalue weighted by Gasteiger charge is 2.18. The van der Waals surface area contributed by atoms with Gasteiger partial charge in [0.2, 0.25) is 0 Å². The van der Waals surface area contributed by atoms with Crippen LogP contribution in [0, 0.1) is 10.1 Å². The molecule has 0 aromatic heterocycles. The van der Waals surface area contributed by atoms with Crippen LogP contribution in [0.25, 0.3) is 0 Å². The van der Waals surface area contributed by atoms with Crippen LogP contribution in [0.3, 0.4) is 0 Å². The molecule has 8 nitrogen and oxygen atoms in total. The molecule has 1 amide bonds. The summed E-state index contributed by atoms with van der Waals surface area (Å²) in [5.41, 5.74) is 0.288. The lowest BCUT2D eigenvalue weighted by atomic mass is 10.1. The first-order valence-corrected chi connectivity index (χ1v) is 7.60. The lowest BCUT2D eigenvalue weighted by Gasteiger charge is -2.23. The molecular weight excluding hydrogens is 314 g/mol. The molecule has 0 aliphatic heterocycles. The Balaban J connectivity index is 2.79. The Kier molecular flexibility index (Phi) is 7.84. The second-order valence-corrected chi connectivity index (χ2v) is 5.58. The first kappa shape index (κ1) is 19.6. The zero-order chi connectivity index (χ0) is 18.1. The third-order valence-corrected chi connectivity index (χ3v) is 3.46. The monoisotopic (exact) mass is 337 g/mol. The Hall–Kier alpha value is -2.48. The summed E-state index contributed by atoms with van der Waals surface area (Å²) < 4.78 is 4.61. The highest BCUT2D eigenvalue weighted by Crippen LogP contribution is 2.14. The average molecular weight is 337 g/mol. The fourth-order valence-corrected chi connectivity index (χ4v) is 2.13. The number of carbonyl (C=O) groups excluding carboxylic acids is 2. The Morgan fingerprint density at radius 2 is 1.75 bits per heavy atom. The number of ether oxygens (including phenoxy) is 1. The summed E-state index contributed by atoms with van der Waals surface area (Å²) in [6.45, 7) is 1.54. The minimum atomic E-state index is -0.514. The number of methoxy groups -OCH3 is 1. The van der Waals surface area contributed by atoms with Gasteiger partial charge in [-0.3, -0.25) is 19.7 Å². The van der Waals surface area contributed by atoms with Crippen molar-refractivity contribution in [3.8, 4) is 0 Å². The van der Waals surface area contributed by atoms with Gasteiger partial charge in [0.05, 0.1) is 18.5 Å². The maximum absolute atomic E-state index is 12.6. The van der Waals surface area contributed by atoms with Crippen molar-refractivity contribution in [2.75, 3.05) is 40.8 Å². The van der Waals surface area contributed by atoms with E-state index in [2.05, 4.69) is 4.74 Å². The molecule has 8 heteroatoms. The van der Waals surface area contributed by atoms with Crippen molar-refractivity contribution in [2.24, 2.45) is 0 Å². The van der Waals surface area contributed by atoms with E-state index in [0.29, 0.717) is 12.1 Å². The maximum atomic E-state index is 12.6. The molecular formula is C16H23N3O5. The summed E-state index contributed by atoms with van der Waals surface area (Å²) >= 11 is 0. The van der Waals surface area contributed by atoms with Gasteiger partial charge < -0.3 is 14.5 Å². The first-order valence-electron chi connectivity index (χ1n) is 7.60. The van der Waals surface area contributed by atoms with Crippen LogP contribution in [-0.4, -0.2) is 67.4 Å². The summed E-state index contributed by atoms with van der Waals surface area (Å²) in [7, 11) is 5.19. The largest absolute Gasteiger partial charge is 0.469 e. The van der Waals surface area contributed by atoms with Crippen molar-refractivity contribution in [3.05, 3.63) is 39.9 Å².